The topological polar surface area (TPSA) is 41.6 Å². The van der Waals surface area contributed by atoms with Crippen molar-refractivity contribution in [1.82, 2.24) is 10.2 Å². The van der Waals surface area contributed by atoms with Crippen LogP contribution in [-0.2, 0) is 4.74 Å². The van der Waals surface area contributed by atoms with Crippen LogP contribution < -0.4 is 5.32 Å². The van der Waals surface area contributed by atoms with Crippen LogP contribution in [0.3, 0.4) is 0 Å². The SMILES string of the molecule is CCC(C)CNCC1(C)CCCN(C(=O)OC(C)(C)C)C1. The molecule has 0 aromatic carbocycles. The molecule has 1 heterocycles. The van der Waals surface area contributed by atoms with E-state index in [4.69, 9.17) is 4.74 Å². The Hall–Kier alpha value is -0.770. The van der Waals surface area contributed by atoms with Crippen molar-refractivity contribution in [2.75, 3.05) is 26.2 Å². The van der Waals surface area contributed by atoms with E-state index in [0.29, 0.717) is 5.92 Å². The van der Waals surface area contributed by atoms with Gasteiger partial charge in [0.2, 0.25) is 0 Å². The lowest BCUT2D eigenvalue weighted by atomic mass is 9.82. The van der Waals surface area contributed by atoms with Crippen molar-refractivity contribution in [1.29, 1.82) is 0 Å². The first-order valence-corrected chi connectivity index (χ1v) is 8.34. The number of piperidine rings is 1. The van der Waals surface area contributed by atoms with Crippen molar-refractivity contribution < 1.29 is 9.53 Å². The number of amides is 1. The molecule has 4 heteroatoms. The third kappa shape index (κ3) is 6.68. The molecule has 1 amide bonds. The van der Waals surface area contributed by atoms with E-state index in [1.165, 1.54) is 12.8 Å². The number of hydrogen-bond donors (Lipinski definition) is 1. The summed E-state index contributed by atoms with van der Waals surface area (Å²) in [6, 6.07) is 0. The second-order valence-corrected chi connectivity index (χ2v) is 7.96. The minimum Gasteiger partial charge on any atom is -0.444 e. The first-order chi connectivity index (χ1) is 9.65. The molecule has 1 aliphatic heterocycles. The van der Waals surface area contributed by atoms with Gasteiger partial charge in [-0.05, 0) is 51.5 Å². The van der Waals surface area contributed by atoms with Crippen LogP contribution in [0.2, 0.25) is 0 Å². The zero-order valence-corrected chi connectivity index (χ0v) is 14.8. The number of carbonyl (C=O) groups excluding carboxylic acids is 1. The number of likely N-dealkylation sites (tertiary alicyclic amines) is 1. The molecule has 0 aromatic heterocycles. The van der Waals surface area contributed by atoms with E-state index >= 15 is 0 Å². The van der Waals surface area contributed by atoms with E-state index in [1.807, 2.05) is 25.7 Å². The summed E-state index contributed by atoms with van der Waals surface area (Å²) in [5, 5.41) is 3.58. The molecule has 1 N–H and O–H groups in total. The Morgan fingerprint density at radius 1 is 1.43 bits per heavy atom. The van der Waals surface area contributed by atoms with Crippen molar-refractivity contribution >= 4 is 6.09 Å². The Morgan fingerprint density at radius 2 is 2.10 bits per heavy atom. The van der Waals surface area contributed by atoms with Crippen LogP contribution in [0, 0.1) is 11.3 Å². The van der Waals surface area contributed by atoms with Gasteiger partial charge in [-0.3, -0.25) is 0 Å². The van der Waals surface area contributed by atoms with Crippen molar-refractivity contribution in [2.45, 2.75) is 66.4 Å². The fourth-order valence-electron chi connectivity index (χ4n) is 2.71. The summed E-state index contributed by atoms with van der Waals surface area (Å²) >= 11 is 0. The average Bonchev–Trinajstić information content (AvgIpc) is 2.36. The Kier molecular flexibility index (Phi) is 6.51. The Balaban J connectivity index is 2.48. The zero-order chi connectivity index (χ0) is 16.1. The normalized spacial score (nSPS) is 24.8. The average molecular weight is 298 g/mol. The quantitative estimate of drug-likeness (QED) is 0.842. The molecule has 124 valence electrons. The number of rotatable bonds is 5. The van der Waals surface area contributed by atoms with Crippen LogP contribution >= 0.6 is 0 Å². The zero-order valence-electron chi connectivity index (χ0n) is 14.8. The summed E-state index contributed by atoms with van der Waals surface area (Å²) in [7, 11) is 0. The fraction of sp³-hybridized carbons (Fsp3) is 0.941. The molecule has 21 heavy (non-hydrogen) atoms. The van der Waals surface area contributed by atoms with E-state index in [9.17, 15) is 4.79 Å². The molecule has 1 rings (SSSR count). The molecule has 0 aromatic rings. The molecule has 4 nitrogen and oxygen atoms in total. The van der Waals surface area contributed by atoms with E-state index in [0.717, 1.165) is 32.6 Å². The summed E-state index contributed by atoms with van der Waals surface area (Å²) in [6.45, 7) is 16.1. The van der Waals surface area contributed by atoms with Crippen LogP contribution in [0.1, 0.15) is 60.8 Å². The van der Waals surface area contributed by atoms with Gasteiger partial charge >= 0.3 is 6.09 Å². The number of hydrogen-bond acceptors (Lipinski definition) is 3. The molecular weight excluding hydrogens is 264 g/mol. The summed E-state index contributed by atoms with van der Waals surface area (Å²) in [5.41, 5.74) is -0.262. The lowest BCUT2D eigenvalue weighted by Crippen LogP contribution is -2.50. The highest BCUT2D eigenvalue weighted by molar-refractivity contribution is 5.68. The molecule has 0 spiro atoms. The largest absolute Gasteiger partial charge is 0.444 e. The standard InChI is InChI=1S/C17H34N2O2/c1-7-14(2)11-18-12-17(6)9-8-10-19(13-17)15(20)21-16(3,4)5/h14,18H,7-13H2,1-6H3. The van der Waals surface area contributed by atoms with Gasteiger partial charge in [-0.2, -0.15) is 0 Å². The van der Waals surface area contributed by atoms with E-state index in [2.05, 4.69) is 26.1 Å². The molecular formula is C17H34N2O2. The Labute approximate surface area is 130 Å². The number of nitrogens with zero attached hydrogens (tertiary/aromatic N) is 1. The molecule has 1 fully saturated rings. The van der Waals surface area contributed by atoms with Gasteiger partial charge in [0.05, 0.1) is 0 Å². The van der Waals surface area contributed by atoms with Gasteiger partial charge in [-0.15, -0.1) is 0 Å². The molecule has 0 saturated carbocycles. The molecule has 1 aliphatic rings. The van der Waals surface area contributed by atoms with E-state index in [1.54, 1.807) is 0 Å². The maximum absolute atomic E-state index is 12.2. The second kappa shape index (κ2) is 7.48. The van der Waals surface area contributed by atoms with Crippen molar-refractivity contribution in [3.05, 3.63) is 0 Å². The summed E-state index contributed by atoms with van der Waals surface area (Å²) in [5.74, 6) is 0.708. The van der Waals surface area contributed by atoms with Crippen molar-refractivity contribution in [3.8, 4) is 0 Å². The highest BCUT2D eigenvalue weighted by atomic mass is 16.6. The van der Waals surface area contributed by atoms with Crippen LogP contribution in [-0.4, -0.2) is 42.8 Å². The predicted octanol–water partition coefficient (Wildman–Crippen LogP) is 3.66. The monoisotopic (exact) mass is 298 g/mol. The van der Waals surface area contributed by atoms with Crippen LogP contribution in [0.5, 0.6) is 0 Å². The Morgan fingerprint density at radius 3 is 2.67 bits per heavy atom. The van der Waals surface area contributed by atoms with Crippen LogP contribution in [0.25, 0.3) is 0 Å². The van der Waals surface area contributed by atoms with Gasteiger partial charge in [0.15, 0.2) is 0 Å². The number of carbonyl (C=O) groups is 1. The van der Waals surface area contributed by atoms with Crippen molar-refractivity contribution in [2.24, 2.45) is 11.3 Å². The molecule has 2 atom stereocenters. The first kappa shape index (κ1) is 18.3. The van der Waals surface area contributed by atoms with Gasteiger partial charge in [0, 0.05) is 19.6 Å². The molecule has 1 saturated heterocycles. The molecule has 0 aliphatic carbocycles. The maximum atomic E-state index is 12.2. The van der Waals surface area contributed by atoms with Gasteiger partial charge in [0.1, 0.15) is 5.60 Å². The van der Waals surface area contributed by atoms with E-state index in [-0.39, 0.29) is 11.5 Å². The minimum atomic E-state index is -0.417. The summed E-state index contributed by atoms with van der Waals surface area (Å²) in [6.07, 6.45) is 3.25. The smallest absolute Gasteiger partial charge is 0.410 e. The summed E-state index contributed by atoms with van der Waals surface area (Å²) < 4.78 is 5.50. The third-order valence-electron chi connectivity index (χ3n) is 4.17. The Bertz CT molecular complexity index is 338. The summed E-state index contributed by atoms with van der Waals surface area (Å²) in [4.78, 5) is 14.1. The predicted molar refractivity (Wildman–Crippen MR) is 87.5 cm³/mol. The first-order valence-electron chi connectivity index (χ1n) is 8.34. The second-order valence-electron chi connectivity index (χ2n) is 7.96. The molecule has 0 radical (unpaired) electrons. The maximum Gasteiger partial charge on any atom is 0.410 e. The minimum absolute atomic E-state index is 0.155. The number of nitrogens with one attached hydrogen (secondary N) is 1. The van der Waals surface area contributed by atoms with Gasteiger partial charge in [-0.25, -0.2) is 4.79 Å². The highest BCUT2D eigenvalue weighted by Crippen LogP contribution is 2.29. The van der Waals surface area contributed by atoms with Crippen LogP contribution in [0.15, 0.2) is 0 Å². The van der Waals surface area contributed by atoms with Gasteiger partial charge in [0.25, 0.3) is 0 Å². The van der Waals surface area contributed by atoms with Gasteiger partial charge in [-0.1, -0.05) is 27.2 Å². The lowest BCUT2D eigenvalue weighted by Gasteiger charge is -2.41. The van der Waals surface area contributed by atoms with E-state index < -0.39 is 5.60 Å². The number of ether oxygens (including phenoxy) is 1. The highest BCUT2D eigenvalue weighted by Gasteiger charge is 2.34. The molecule has 0 bridgehead atoms. The molecule has 2 unspecified atom stereocenters. The fourth-order valence-corrected chi connectivity index (χ4v) is 2.71. The van der Waals surface area contributed by atoms with Crippen molar-refractivity contribution in [3.63, 3.8) is 0 Å². The van der Waals surface area contributed by atoms with Crippen LogP contribution in [0.4, 0.5) is 4.79 Å². The van der Waals surface area contributed by atoms with Gasteiger partial charge < -0.3 is 15.0 Å². The third-order valence-corrected chi connectivity index (χ3v) is 4.17. The lowest BCUT2D eigenvalue weighted by molar-refractivity contribution is 0.00672.